The lowest BCUT2D eigenvalue weighted by Gasteiger charge is -2.37. The van der Waals surface area contributed by atoms with Crippen LogP contribution in [0.1, 0.15) is 13.8 Å². The highest BCUT2D eigenvalue weighted by Gasteiger charge is 2.20. The molecule has 1 fully saturated rings. The maximum Gasteiger partial charge on any atom is 0.134 e. The van der Waals surface area contributed by atoms with E-state index in [1.54, 1.807) is 12.3 Å². The first-order chi connectivity index (χ1) is 11.1. The Balaban J connectivity index is 1.76. The van der Waals surface area contributed by atoms with Crippen molar-refractivity contribution in [1.29, 1.82) is 0 Å². The zero-order chi connectivity index (χ0) is 16.4. The Kier molecular flexibility index (Phi) is 4.57. The monoisotopic (exact) mass is 317 g/mol. The summed E-state index contributed by atoms with van der Waals surface area (Å²) < 4.78 is 27.7. The molecule has 0 spiro atoms. The summed E-state index contributed by atoms with van der Waals surface area (Å²) in [6.45, 7) is 8.24. The Hall–Kier alpha value is -2.01. The third-order valence-corrected chi connectivity index (χ3v) is 4.37. The van der Waals surface area contributed by atoms with E-state index in [1.807, 2.05) is 6.07 Å². The molecule has 5 heteroatoms. The molecule has 122 valence electrons. The van der Waals surface area contributed by atoms with E-state index in [-0.39, 0.29) is 5.56 Å². The molecule has 0 aliphatic carbocycles. The maximum absolute atomic E-state index is 13.8. The van der Waals surface area contributed by atoms with Gasteiger partial charge in [0.2, 0.25) is 0 Å². The molecule has 1 aliphatic rings. The number of hydrogen-bond donors (Lipinski definition) is 0. The van der Waals surface area contributed by atoms with Gasteiger partial charge in [0, 0.05) is 44.0 Å². The molecule has 23 heavy (non-hydrogen) atoms. The topological polar surface area (TPSA) is 19.4 Å². The van der Waals surface area contributed by atoms with Crippen molar-refractivity contribution >= 4 is 5.82 Å². The molecule has 0 radical (unpaired) electrons. The average molecular weight is 317 g/mol. The third-order valence-electron chi connectivity index (χ3n) is 4.37. The second-order valence-corrected chi connectivity index (χ2v) is 6.12. The lowest BCUT2D eigenvalue weighted by molar-refractivity contribution is 0.209. The molecule has 1 saturated heterocycles. The molecule has 1 aliphatic heterocycles. The Bertz CT molecular complexity index is 642. The van der Waals surface area contributed by atoms with Crippen molar-refractivity contribution in [2.75, 3.05) is 31.1 Å². The number of piperazine rings is 1. The van der Waals surface area contributed by atoms with E-state index < -0.39 is 11.6 Å². The van der Waals surface area contributed by atoms with Gasteiger partial charge >= 0.3 is 0 Å². The fourth-order valence-corrected chi connectivity index (χ4v) is 2.96. The molecule has 3 nitrogen and oxygen atoms in total. The predicted molar refractivity (Wildman–Crippen MR) is 88.5 cm³/mol. The van der Waals surface area contributed by atoms with Crippen LogP contribution >= 0.6 is 0 Å². The van der Waals surface area contributed by atoms with E-state index in [1.165, 1.54) is 18.2 Å². The number of nitrogens with zero attached hydrogens (tertiary/aromatic N) is 3. The first kappa shape index (κ1) is 15.9. The molecule has 0 unspecified atom stereocenters. The van der Waals surface area contributed by atoms with Crippen molar-refractivity contribution in [3.63, 3.8) is 0 Å². The highest BCUT2D eigenvalue weighted by atomic mass is 19.1. The second kappa shape index (κ2) is 6.62. The summed E-state index contributed by atoms with van der Waals surface area (Å²) >= 11 is 0. The van der Waals surface area contributed by atoms with Gasteiger partial charge in [0.25, 0.3) is 0 Å². The number of rotatable bonds is 3. The van der Waals surface area contributed by atoms with Crippen molar-refractivity contribution in [1.82, 2.24) is 9.88 Å². The molecule has 0 saturated carbocycles. The number of anilines is 1. The van der Waals surface area contributed by atoms with E-state index in [9.17, 15) is 8.78 Å². The van der Waals surface area contributed by atoms with Gasteiger partial charge in [-0.25, -0.2) is 13.8 Å². The minimum Gasteiger partial charge on any atom is -0.354 e. The van der Waals surface area contributed by atoms with E-state index in [0.717, 1.165) is 32.0 Å². The normalized spacial score (nSPS) is 16.1. The van der Waals surface area contributed by atoms with Crippen LogP contribution in [0.3, 0.4) is 0 Å². The van der Waals surface area contributed by atoms with Crippen molar-refractivity contribution < 1.29 is 8.78 Å². The molecule has 3 rings (SSSR count). The summed E-state index contributed by atoms with van der Waals surface area (Å²) in [6, 6.07) is 8.01. The minimum absolute atomic E-state index is 0.0174. The summed E-state index contributed by atoms with van der Waals surface area (Å²) in [4.78, 5) is 9.04. The van der Waals surface area contributed by atoms with E-state index >= 15 is 0 Å². The van der Waals surface area contributed by atoms with Crippen LogP contribution in [-0.2, 0) is 0 Å². The molecule has 0 N–H and O–H groups in total. The summed E-state index contributed by atoms with van der Waals surface area (Å²) in [7, 11) is 0. The zero-order valence-corrected chi connectivity index (χ0v) is 13.5. The summed E-state index contributed by atoms with van der Waals surface area (Å²) in [6.07, 6.45) is 1.55. The van der Waals surface area contributed by atoms with Gasteiger partial charge in [0.15, 0.2) is 0 Å². The maximum atomic E-state index is 13.8. The SMILES string of the molecule is CC(C)N1CCN(c2ccc(-c3c(F)cccc3F)cn2)CC1. The van der Waals surface area contributed by atoms with Crippen LogP contribution < -0.4 is 4.90 Å². The van der Waals surface area contributed by atoms with Gasteiger partial charge in [-0.2, -0.15) is 0 Å². The average Bonchev–Trinajstić information content (AvgIpc) is 2.55. The third kappa shape index (κ3) is 3.34. The first-order valence-corrected chi connectivity index (χ1v) is 7.95. The lowest BCUT2D eigenvalue weighted by Crippen LogP contribution is -2.49. The molecular formula is C18H21F2N3. The van der Waals surface area contributed by atoms with Crippen LogP contribution in [0.25, 0.3) is 11.1 Å². The van der Waals surface area contributed by atoms with Crippen LogP contribution in [0, 0.1) is 11.6 Å². The molecule has 2 aromatic rings. The smallest absolute Gasteiger partial charge is 0.134 e. The van der Waals surface area contributed by atoms with Gasteiger partial charge in [-0.05, 0) is 38.1 Å². The fraction of sp³-hybridized carbons (Fsp3) is 0.389. The van der Waals surface area contributed by atoms with Crippen LogP contribution in [-0.4, -0.2) is 42.1 Å². The summed E-state index contributed by atoms with van der Waals surface area (Å²) in [5, 5.41) is 0. The van der Waals surface area contributed by atoms with Crippen molar-refractivity contribution in [2.45, 2.75) is 19.9 Å². The molecule has 1 aromatic heterocycles. The van der Waals surface area contributed by atoms with E-state index in [0.29, 0.717) is 11.6 Å². The molecular weight excluding hydrogens is 296 g/mol. The molecule has 0 bridgehead atoms. The molecule has 2 heterocycles. The van der Waals surface area contributed by atoms with Crippen molar-refractivity contribution in [2.24, 2.45) is 0 Å². The molecule has 0 atom stereocenters. The van der Waals surface area contributed by atoms with Crippen LogP contribution in [0.4, 0.5) is 14.6 Å². The van der Waals surface area contributed by atoms with Gasteiger partial charge in [0.05, 0.1) is 5.56 Å². The number of hydrogen-bond acceptors (Lipinski definition) is 3. The fourth-order valence-electron chi connectivity index (χ4n) is 2.96. The summed E-state index contributed by atoms with van der Waals surface area (Å²) in [5.74, 6) is -0.274. The highest BCUT2D eigenvalue weighted by molar-refractivity contribution is 5.65. The van der Waals surface area contributed by atoms with E-state index in [2.05, 4.69) is 28.6 Å². The van der Waals surface area contributed by atoms with Gasteiger partial charge in [-0.1, -0.05) is 6.07 Å². The van der Waals surface area contributed by atoms with Crippen LogP contribution in [0.5, 0.6) is 0 Å². The van der Waals surface area contributed by atoms with Gasteiger partial charge in [0.1, 0.15) is 17.5 Å². The van der Waals surface area contributed by atoms with Crippen molar-refractivity contribution in [3.8, 4) is 11.1 Å². The Labute approximate surface area is 135 Å². The van der Waals surface area contributed by atoms with E-state index in [4.69, 9.17) is 0 Å². The standard InChI is InChI=1S/C18H21F2N3/c1-13(2)22-8-10-23(11-9-22)17-7-6-14(12-21-17)18-15(19)4-3-5-16(18)20/h3-7,12-13H,8-11H2,1-2H3. The second-order valence-electron chi connectivity index (χ2n) is 6.12. The lowest BCUT2D eigenvalue weighted by atomic mass is 10.1. The number of aromatic nitrogens is 1. The Morgan fingerprint density at radius 2 is 1.61 bits per heavy atom. The zero-order valence-electron chi connectivity index (χ0n) is 13.5. The number of halogens is 2. The molecule has 0 amide bonds. The Morgan fingerprint density at radius 1 is 0.957 bits per heavy atom. The number of benzene rings is 1. The quantitative estimate of drug-likeness (QED) is 0.863. The van der Waals surface area contributed by atoms with Crippen LogP contribution in [0.15, 0.2) is 36.5 Å². The minimum atomic E-state index is -0.565. The Morgan fingerprint density at radius 3 is 2.13 bits per heavy atom. The predicted octanol–water partition coefficient (Wildman–Crippen LogP) is 3.56. The number of pyridine rings is 1. The van der Waals surface area contributed by atoms with Gasteiger partial charge in [-0.3, -0.25) is 4.90 Å². The van der Waals surface area contributed by atoms with Crippen LogP contribution in [0.2, 0.25) is 0 Å². The van der Waals surface area contributed by atoms with Gasteiger partial charge in [-0.15, -0.1) is 0 Å². The summed E-state index contributed by atoms with van der Waals surface area (Å²) in [5.41, 5.74) is 0.446. The highest BCUT2D eigenvalue weighted by Crippen LogP contribution is 2.26. The largest absolute Gasteiger partial charge is 0.354 e. The van der Waals surface area contributed by atoms with Crippen molar-refractivity contribution in [3.05, 3.63) is 48.2 Å². The first-order valence-electron chi connectivity index (χ1n) is 7.95. The van der Waals surface area contributed by atoms with Gasteiger partial charge < -0.3 is 4.90 Å². The molecule has 1 aromatic carbocycles.